The van der Waals surface area contributed by atoms with Gasteiger partial charge in [-0.25, -0.2) is 13.1 Å². The Kier molecular flexibility index (Phi) is 6.77. The van der Waals surface area contributed by atoms with E-state index in [1.54, 1.807) is 22.8 Å². The van der Waals surface area contributed by atoms with Gasteiger partial charge in [0.2, 0.25) is 10.0 Å². The van der Waals surface area contributed by atoms with Gasteiger partial charge >= 0.3 is 4.87 Å². The van der Waals surface area contributed by atoms with E-state index in [9.17, 15) is 13.2 Å². The van der Waals surface area contributed by atoms with Crippen LogP contribution in [0, 0.1) is 5.92 Å². The number of benzene rings is 3. The SMILES string of the molecule is C[C@H]1CCCN(c2ccc(CNS(=O)(=O)c3ccc4c(c3)sc(=O)n4Cc3ccccc3)cc2)C1. The fourth-order valence-corrected chi connectivity index (χ4v) is 6.69. The van der Waals surface area contributed by atoms with Gasteiger partial charge in [-0.3, -0.25) is 9.36 Å². The average Bonchev–Trinajstić information content (AvgIpc) is 3.18. The lowest BCUT2D eigenvalue weighted by molar-refractivity contribution is 0.447. The second-order valence-electron chi connectivity index (χ2n) is 9.25. The highest BCUT2D eigenvalue weighted by molar-refractivity contribution is 7.89. The zero-order valence-corrected chi connectivity index (χ0v) is 21.3. The average molecular weight is 508 g/mol. The number of hydrogen-bond acceptors (Lipinski definition) is 5. The molecule has 0 bridgehead atoms. The van der Waals surface area contributed by atoms with Gasteiger partial charge in [-0.15, -0.1) is 0 Å². The molecule has 0 radical (unpaired) electrons. The number of sulfonamides is 1. The second kappa shape index (κ2) is 9.97. The molecule has 2 heterocycles. The number of nitrogens with one attached hydrogen (secondary N) is 1. The Balaban J connectivity index is 1.29. The fourth-order valence-electron chi connectivity index (χ4n) is 4.64. The largest absolute Gasteiger partial charge is 0.371 e. The summed E-state index contributed by atoms with van der Waals surface area (Å²) in [6, 6.07) is 22.7. The third kappa shape index (κ3) is 5.34. The summed E-state index contributed by atoms with van der Waals surface area (Å²) in [5.41, 5.74) is 3.85. The van der Waals surface area contributed by atoms with E-state index in [0.29, 0.717) is 17.2 Å². The van der Waals surface area contributed by atoms with E-state index in [-0.39, 0.29) is 16.3 Å². The number of hydrogen-bond donors (Lipinski definition) is 1. The van der Waals surface area contributed by atoms with Crippen LogP contribution in [0.2, 0.25) is 0 Å². The van der Waals surface area contributed by atoms with E-state index in [2.05, 4.69) is 28.7 Å². The Labute approximate surface area is 209 Å². The van der Waals surface area contributed by atoms with Crippen LogP contribution in [0.5, 0.6) is 0 Å². The molecule has 1 fully saturated rings. The van der Waals surface area contributed by atoms with Crippen molar-refractivity contribution in [3.8, 4) is 0 Å². The van der Waals surface area contributed by atoms with Crippen LogP contribution < -0.4 is 14.5 Å². The minimum absolute atomic E-state index is 0.102. The summed E-state index contributed by atoms with van der Waals surface area (Å²) in [6.45, 7) is 5.08. The van der Waals surface area contributed by atoms with Crippen molar-refractivity contribution in [3.63, 3.8) is 0 Å². The third-order valence-corrected chi connectivity index (χ3v) is 8.90. The van der Waals surface area contributed by atoms with Crippen molar-refractivity contribution in [2.75, 3.05) is 18.0 Å². The summed E-state index contributed by atoms with van der Waals surface area (Å²) in [6.07, 6.45) is 2.48. The van der Waals surface area contributed by atoms with Crippen LogP contribution in [0.15, 0.2) is 82.5 Å². The first kappa shape index (κ1) is 23.8. The molecule has 3 aromatic carbocycles. The van der Waals surface area contributed by atoms with E-state index in [0.717, 1.165) is 41.1 Å². The van der Waals surface area contributed by atoms with Crippen LogP contribution in [0.25, 0.3) is 10.2 Å². The number of anilines is 1. The second-order valence-corrected chi connectivity index (χ2v) is 12.0. The zero-order valence-electron chi connectivity index (χ0n) is 19.7. The topological polar surface area (TPSA) is 71.4 Å². The molecule has 1 aliphatic rings. The van der Waals surface area contributed by atoms with Gasteiger partial charge in [0, 0.05) is 25.3 Å². The summed E-state index contributed by atoms with van der Waals surface area (Å²) >= 11 is 1.07. The van der Waals surface area contributed by atoms with Crippen molar-refractivity contribution >= 4 is 37.3 Å². The van der Waals surface area contributed by atoms with Crippen LogP contribution in [0.3, 0.4) is 0 Å². The Hall–Kier alpha value is -2.94. The summed E-state index contributed by atoms with van der Waals surface area (Å²) in [5.74, 6) is 0.696. The first-order chi connectivity index (χ1) is 16.9. The zero-order chi connectivity index (χ0) is 24.4. The van der Waals surface area contributed by atoms with Crippen molar-refractivity contribution in [2.24, 2.45) is 5.92 Å². The molecule has 1 saturated heterocycles. The van der Waals surface area contributed by atoms with Gasteiger partial charge in [-0.2, -0.15) is 0 Å². The molecule has 1 aromatic heterocycles. The van der Waals surface area contributed by atoms with Crippen molar-refractivity contribution in [1.29, 1.82) is 0 Å². The molecule has 6 nitrogen and oxygen atoms in total. The number of thiazole rings is 1. The van der Waals surface area contributed by atoms with Gasteiger partial charge in [0.25, 0.3) is 0 Å². The van der Waals surface area contributed by atoms with E-state index in [1.807, 2.05) is 42.5 Å². The molecular formula is C27H29N3O3S2. The lowest BCUT2D eigenvalue weighted by Crippen LogP contribution is -2.34. The highest BCUT2D eigenvalue weighted by Gasteiger charge is 2.18. The predicted octanol–water partition coefficient (Wildman–Crippen LogP) is 4.83. The number of nitrogens with zero attached hydrogens (tertiary/aromatic N) is 2. The first-order valence-electron chi connectivity index (χ1n) is 11.9. The molecule has 1 aliphatic heterocycles. The van der Waals surface area contributed by atoms with Crippen LogP contribution >= 0.6 is 11.3 Å². The quantitative estimate of drug-likeness (QED) is 0.389. The molecule has 182 valence electrons. The highest BCUT2D eigenvalue weighted by atomic mass is 32.2. The van der Waals surface area contributed by atoms with Gasteiger partial charge < -0.3 is 4.90 Å². The van der Waals surface area contributed by atoms with Gasteiger partial charge in [0.1, 0.15) is 0 Å². The van der Waals surface area contributed by atoms with Crippen LogP contribution in [0.4, 0.5) is 5.69 Å². The molecule has 35 heavy (non-hydrogen) atoms. The van der Waals surface area contributed by atoms with Crippen molar-refractivity contribution in [3.05, 3.63) is 93.6 Å². The molecule has 0 saturated carbocycles. The lowest BCUT2D eigenvalue weighted by atomic mass is 9.99. The minimum Gasteiger partial charge on any atom is -0.371 e. The molecule has 1 N–H and O–H groups in total. The number of piperidine rings is 1. The highest BCUT2D eigenvalue weighted by Crippen LogP contribution is 2.24. The van der Waals surface area contributed by atoms with E-state index in [1.165, 1.54) is 18.5 Å². The maximum atomic E-state index is 13.0. The summed E-state index contributed by atoms with van der Waals surface area (Å²) in [4.78, 5) is 15.0. The van der Waals surface area contributed by atoms with Gasteiger partial charge in [0.15, 0.2) is 0 Å². The van der Waals surface area contributed by atoms with Gasteiger partial charge in [-0.1, -0.05) is 60.7 Å². The van der Waals surface area contributed by atoms with Crippen LogP contribution in [-0.2, 0) is 23.1 Å². The third-order valence-electron chi connectivity index (χ3n) is 6.56. The molecule has 0 amide bonds. The Morgan fingerprint density at radius 1 is 1.00 bits per heavy atom. The van der Waals surface area contributed by atoms with Gasteiger partial charge in [0.05, 0.1) is 21.7 Å². The standard InChI is InChI=1S/C27H29N3O3S2/c1-20-6-5-15-29(18-20)23-11-9-21(10-12-23)17-28-35(32,33)24-13-14-25-26(16-24)34-27(31)30(25)19-22-7-3-2-4-8-22/h2-4,7-14,16,20,28H,5-6,15,17-19H2,1H3/t20-/m0/s1. The summed E-state index contributed by atoms with van der Waals surface area (Å²) < 4.78 is 31.0. The van der Waals surface area contributed by atoms with E-state index >= 15 is 0 Å². The molecular weight excluding hydrogens is 478 g/mol. The smallest absolute Gasteiger partial charge is 0.308 e. The van der Waals surface area contributed by atoms with E-state index in [4.69, 9.17) is 0 Å². The molecule has 0 spiro atoms. The van der Waals surface area contributed by atoms with Crippen molar-refractivity contribution < 1.29 is 8.42 Å². The van der Waals surface area contributed by atoms with Crippen LogP contribution in [-0.4, -0.2) is 26.1 Å². The number of rotatable bonds is 7. The summed E-state index contributed by atoms with van der Waals surface area (Å²) in [7, 11) is -3.72. The summed E-state index contributed by atoms with van der Waals surface area (Å²) in [5, 5.41) is 0. The Morgan fingerprint density at radius 2 is 1.77 bits per heavy atom. The monoisotopic (exact) mass is 507 g/mol. The number of aromatic nitrogens is 1. The molecule has 0 unspecified atom stereocenters. The fraction of sp³-hybridized carbons (Fsp3) is 0.296. The maximum absolute atomic E-state index is 13.0. The van der Waals surface area contributed by atoms with Crippen molar-refractivity contribution in [2.45, 2.75) is 37.8 Å². The molecule has 5 rings (SSSR count). The van der Waals surface area contributed by atoms with Gasteiger partial charge in [-0.05, 0) is 60.2 Å². The molecule has 0 aliphatic carbocycles. The molecule has 8 heteroatoms. The van der Waals surface area contributed by atoms with E-state index < -0.39 is 10.0 Å². The molecule has 1 atom stereocenters. The molecule has 4 aromatic rings. The predicted molar refractivity (Wildman–Crippen MR) is 143 cm³/mol. The minimum atomic E-state index is -3.72. The number of fused-ring (bicyclic) bond motifs is 1. The lowest BCUT2D eigenvalue weighted by Gasteiger charge is -2.32. The Bertz CT molecular complexity index is 1480. The normalized spacial score (nSPS) is 16.6. The Morgan fingerprint density at radius 3 is 2.51 bits per heavy atom. The van der Waals surface area contributed by atoms with Crippen LogP contribution in [0.1, 0.15) is 30.9 Å². The van der Waals surface area contributed by atoms with Crippen molar-refractivity contribution in [1.82, 2.24) is 9.29 Å². The first-order valence-corrected chi connectivity index (χ1v) is 14.2. The maximum Gasteiger partial charge on any atom is 0.308 e.